The summed E-state index contributed by atoms with van der Waals surface area (Å²) in [4.78, 5) is 17.3. The van der Waals surface area contributed by atoms with E-state index in [9.17, 15) is 4.79 Å². The van der Waals surface area contributed by atoms with E-state index in [1.54, 1.807) is 0 Å². The predicted octanol–water partition coefficient (Wildman–Crippen LogP) is 1.02. The lowest BCUT2D eigenvalue weighted by Gasteiger charge is -2.16. The average molecular weight is 241 g/mol. The fourth-order valence-electron chi connectivity index (χ4n) is 1.39. The summed E-state index contributed by atoms with van der Waals surface area (Å²) in [6, 6.07) is 0. The molecule has 0 amide bonds. The van der Waals surface area contributed by atoms with Crippen LogP contribution < -0.4 is 0 Å². The second-order valence-electron chi connectivity index (χ2n) is 3.65. The average Bonchev–Trinajstić information content (AvgIpc) is 2.81. The lowest BCUT2D eigenvalue weighted by atomic mass is 10.3. The van der Waals surface area contributed by atoms with Gasteiger partial charge in [0.2, 0.25) is 5.89 Å². The number of hydrogen-bond donors (Lipinski definition) is 0. The second kappa shape index (κ2) is 7.01. The number of nitrogens with zero attached hydrogens (tertiary/aromatic N) is 3. The molecule has 0 saturated carbocycles. The van der Waals surface area contributed by atoms with Crippen molar-refractivity contribution in [1.29, 1.82) is 0 Å². The number of carbonyl (C=O) groups is 1. The summed E-state index contributed by atoms with van der Waals surface area (Å²) in [5.41, 5.74) is 0. The molecule has 1 rings (SSSR count). The Morgan fingerprint density at radius 2 is 2.24 bits per heavy atom. The van der Waals surface area contributed by atoms with Crippen LogP contribution in [0.5, 0.6) is 0 Å². The molecule has 6 nitrogen and oxygen atoms in total. The highest BCUT2D eigenvalue weighted by Crippen LogP contribution is 2.04. The van der Waals surface area contributed by atoms with Crippen LogP contribution >= 0.6 is 0 Å². The predicted molar refractivity (Wildman–Crippen MR) is 61.3 cm³/mol. The summed E-state index contributed by atoms with van der Waals surface area (Å²) in [6.45, 7) is 6.02. The Morgan fingerprint density at radius 1 is 1.47 bits per heavy atom. The number of ether oxygens (including phenoxy) is 1. The van der Waals surface area contributed by atoms with Gasteiger partial charge in [-0.2, -0.15) is 4.98 Å². The van der Waals surface area contributed by atoms with E-state index in [1.807, 2.05) is 13.8 Å². The van der Waals surface area contributed by atoms with Gasteiger partial charge < -0.3 is 9.26 Å². The first-order valence-electron chi connectivity index (χ1n) is 5.80. The lowest BCUT2D eigenvalue weighted by Crippen LogP contribution is -2.26. The lowest BCUT2D eigenvalue weighted by molar-refractivity contribution is -0.141. The van der Waals surface area contributed by atoms with E-state index in [2.05, 4.69) is 19.8 Å². The summed E-state index contributed by atoms with van der Waals surface area (Å²) in [7, 11) is 1.39. The van der Waals surface area contributed by atoms with Crippen molar-refractivity contribution in [3.8, 4) is 0 Å². The molecule has 0 radical (unpaired) electrons. The third kappa shape index (κ3) is 4.52. The highest BCUT2D eigenvalue weighted by atomic mass is 16.5. The van der Waals surface area contributed by atoms with Crippen molar-refractivity contribution in [2.24, 2.45) is 0 Å². The van der Waals surface area contributed by atoms with E-state index in [0.717, 1.165) is 13.0 Å². The normalized spacial score (nSPS) is 10.8. The maximum Gasteiger partial charge on any atom is 0.306 e. The van der Waals surface area contributed by atoms with Crippen molar-refractivity contribution in [2.45, 2.75) is 33.2 Å². The largest absolute Gasteiger partial charge is 0.469 e. The Hall–Kier alpha value is -1.43. The summed E-state index contributed by atoms with van der Waals surface area (Å²) in [5.74, 6) is 1.10. The maximum absolute atomic E-state index is 11.0. The zero-order valence-electron chi connectivity index (χ0n) is 10.6. The molecule has 0 aromatic carbocycles. The van der Waals surface area contributed by atoms with Gasteiger partial charge in [-0.05, 0) is 6.54 Å². The third-order valence-corrected chi connectivity index (χ3v) is 2.49. The van der Waals surface area contributed by atoms with Crippen LogP contribution in [-0.4, -0.2) is 41.2 Å². The van der Waals surface area contributed by atoms with Gasteiger partial charge >= 0.3 is 5.97 Å². The Morgan fingerprint density at radius 3 is 2.76 bits per heavy atom. The number of aromatic nitrogens is 2. The quantitative estimate of drug-likeness (QED) is 0.664. The molecule has 1 heterocycles. The van der Waals surface area contributed by atoms with Crippen LogP contribution in [0, 0.1) is 0 Å². The van der Waals surface area contributed by atoms with Crippen molar-refractivity contribution in [1.82, 2.24) is 15.0 Å². The molecule has 0 aliphatic heterocycles. The first-order valence-corrected chi connectivity index (χ1v) is 5.80. The molecular formula is C11H19N3O3. The molecule has 1 aromatic rings. The topological polar surface area (TPSA) is 68.5 Å². The van der Waals surface area contributed by atoms with Crippen LogP contribution in [0.25, 0.3) is 0 Å². The first-order chi connectivity index (χ1) is 8.19. The van der Waals surface area contributed by atoms with E-state index < -0.39 is 0 Å². The van der Waals surface area contributed by atoms with Gasteiger partial charge in [-0.3, -0.25) is 9.69 Å². The maximum atomic E-state index is 11.0. The van der Waals surface area contributed by atoms with Crippen LogP contribution in [0.3, 0.4) is 0 Å². The summed E-state index contributed by atoms with van der Waals surface area (Å²) in [6.07, 6.45) is 1.14. The zero-order valence-corrected chi connectivity index (χ0v) is 10.6. The van der Waals surface area contributed by atoms with Gasteiger partial charge in [0.15, 0.2) is 5.82 Å². The minimum absolute atomic E-state index is 0.205. The molecular weight excluding hydrogens is 222 g/mol. The van der Waals surface area contributed by atoms with Gasteiger partial charge in [0.1, 0.15) is 0 Å². The Labute approximate surface area is 101 Å². The van der Waals surface area contributed by atoms with E-state index in [1.165, 1.54) is 7.11 Å². The van der Waals surface area contributed by atoms with E-state index >= 15 is 0 Å². The third-order valence-electron chi connectivity index (χ3n) is 2.49. The number of carbonyl (C=O) groups excluding carboxylic acids is 1. The Balaban J connectivity index is 2.43. The number of rotatable bonds is 7. The molecule has 0 saturated heterocycles. The molecule has 0 aliphatic rings. The molecule has 0 spiro atoms. The minimum atomic E-state index is -0.205. The van der Waals surface area contributed by atoms with E-state index in [-0.39, 0.29) is 5.97 Å². The van der Waals surface area contributed by atoms with Crippen LogP contribution in [0.1, 0.15) is 32.0 Å². The highest BCUT2D eigenvalue weighted by Gasteiger charge is 2.11. The highest BCUT2D eigenvalue weighted by molar-refractivity contribution is 5.69. The minimum Gasteiger partial charge on any atom is -0.469 e. The van der Waals surface area contributed by atoms with Crippen molar-refractivity contribution < 1.29 is 14.1 Å². The van der Waals surface area contributed by atoms with E-state index in [0.29, 0.717) is 31.2 Å². The van der Waals surface area contributed by atoms with Gasteiger partial charge in [-0.1, -0.05) is 19.0 Å². The molecule has 0 N–H and O–H groups in total. The molecule has 0 bridgehead atoms. The molecule has 0 unspecified atom stereocenters. The molecule has 96 valence electrons. The fraction of sp³-hybridized carbons (Fsp3) is 0.727. The standard InChI is InChI=1S/C11H19N3O3/c1-4-9-12-10(17-13-9)8-14(5-2)7-6-11(15)16-3/h4-8H2,1-3H3. The number of esters is 1. The summed E-state index contributed by atoms with van der Waals surface area (Å²) >= 11 is 0. The molecule has 17 heavy (non-hydrogen) atoms. The van der Waals surface area contributed by atoms with Gasteiger partial charge in [0, 0.05) is 13.0 Å². The van der Waals surface area contributed by atoms with Crippen molar-refractivity contribution in [2.75, 3.05) is 20.2 Å². The van der Waals surface area contributed by atoms with Crippen molar-refractivity contribution in [3.05, 3.63) is 11.7 Å². The summed E-state index contributed by atoms with van der Waals surface area (Å²) < 4.78 is 9.70. The van der Waals surface area contributed by atoms with Gasteiger partial charge in [0.25, 0.3) is 0 Å². The van der Waals surface area contributed by atoms with Crippen molar-refractivity contribution in [3.63, 3.8) is 0 Å². The van der Waals surface area contributed by atoms with Crippen LogP contribution in [0.4, 0.5) is 0 Å². The second-order valence-corrected chi connectivity index (χ2v) is 3.65. The van der Waals surface area contributed by atoms with Gasteiger partial charge in [-0.25, -0.2) is 0 Å². The van der Waals surface area contributed by atoms with Gasteiger partial charge in [0.05, 0.1) is 20.1 Å². The number of hydrogen-bond acceptors (Lipinski definition) is 6. The monoisotopic (exact) mass is 241 g/mol. The number of aryl methyl sites for hydroxylation is 1. The molecule has 0 aliphatic carbocycles. The summed E-state index contributed by atoms with van der Waals surface area (Å²) in [5, 5.41) is 3.83. The Bertz CT molecular complexity index is 351. The fourth-order valence-corrected chi connectivity index (χ4v) is 1.39. The first kappa shape index (κ1) is 13.6. The van der Waals surface area contributed by atoms with Crippen molar-refractivity contribution >= 4 is 5.97 Å². The molecule has 0 atom stereocenters. The zero-order chi connectivity index (χ0) is 12.7. The SMILES string of the molecule is CCc1noc(CN(CC)CCC(=O)OC)n1. The van der Waals surface area contributed by atoms with Crippen LogP contribution in [0.15, 0.2) is 4.52 Å². The molecule has 6 heteroatoms. The van der Waals surface area contributed by atoms with E-state index in [4.69, 9.17) is 4.52 Å². The van der Waals surface area contributed by atoms with Crippen LogP contribution in [-0.2, 0) is 22.5 Å². The van der Waals surface area contributed by atoms with Crippen LogP contribution in [0.2, 0.25) is 0 Å². The Kier molecular flexibility index (Phi) is 5.62. The van der Waals surface area contributed by atoms with Gasteiger partial charge in [-0.15, -0.1) is 0 Å². The molecule has 0 fully saturated rings. The smallest absolute Gasteiger partial charge is 0.306 e. The molecule has 1 aromatic heterocycles. The number of methoxy groups -OCH3 is 1.